The van der Waals surface area contributed by atoms with Crippen LogP contribution in [-0.2, 0) is 0 Å². The van der Waals surface area contributed by atoms with E-state index in [-0.39, 0.29) is 5.82 Å². The van der Waals surface area contributed by atoms with Crippen LogP contribution in [0.1, 0.15) is 5.56 Å². The fourth-order valence-corrected chi connectivity index (χ4v) is 2.66. The van der Waals surface area contributed by atoms with Gasteiger partial charge in [0.05, 0.1) is 6.54 Å². The van der Waals surface area contributed by atoms with Crippen LogP contribution in [0.3, 0.4) is 0 Å². The first-order chi connectivity index (χ1) is 12.1. The smallest absolute Gasteiger partial charge is 0.170 e. The number of ether oxygens (including phenoxy) is 1. The lowest BCUT2D eigenvalue weighted by atomic mass is 10.1. The second-order valence-electron chi connectivity index (χ2n) is 5.70. The van der Waals surface area contributed by atoms with E-state index in [1.165, 1.54) is 11.5 Å². The maximum Gasteiger partial charge on any atom is 0.170 e. The van der Waals surface area contributed by atoms with Crippen molar-refractivity contribution in [1.82, 2.24) is 5.32 Å². The minimum Gasteiger partial charge on any atom is -0.492 e. The minimum absolute atomic E-state index is 0.257. The Hall–Kier alpha value is -2.66. The third-order valence-electron chi connectivity index (χ3n) is 3.81. The first-order valence-electron chi connectivity index (χ1n) is 8.04. The van der Waals surface area contributed by atoms with Crippen LogP contribution in [-0.4, -0.2) is 18.3 Å². The highest BCUT2D eigenvalue weighted by Crippen LogP contribution is 2.20. The van der Waals surface area contributed by atoms with Crippen molar-refractivity contribution in [1.29, 1.82) is 0 Å². The van der Waals surface area contributed by atoms with E-state index in [9.17, 15) is 4.39 Å². The highest BCUT2D eigenvalue weighted by molar-refractivity contribution is 7.80. The first-order valence-corrected chi connectivity index (χ1v) is 8.45. The molecule has 3 aromatic carbocycles. The standard InChI is InChI=1S/C20H19FN2OS/c1-14-6-8-17(13-19(14)21)23-20(25)22-10-11-24-18-9-7-15-4-2-3-5-16(15)12-18/h2-9,12-13H,10-11H2,1H3,(H2,22,23,25). The Morgan fingerprint density at radius 2 is 1.84 bits per heavy atom. The van der Waals surface area contributed by atoms with Crippen molar-refractivity contribution in [2.45, 2.75) is 6.92 Å². The number of hydrogen-bond acceptors (Lipinski definition) is 2. The molecule has 0 heterocycles. The van der Waals surface area contributed by atoms with Gasteiger partial charge in [-0.3, -0.25) is 0 Å². The summed E-state index contributed by atoms with van der Waals surface area (Å²) < 4.78 is 19.3. The molecule has 0 bridgehead atoms. The van der Waals surface area contributed by atoms with Crippen molar-refractivity contribution in [2.24, 2.45) is 0 Å². The fraction of sp³-hybridized carbons (Fsp3) is 0.150. The Morgan fingerprint density at radius 1 is 1.04 bits per heavy atom. The molecule has 3 nitrogen and oxygen atoms in total. The van der Waals surface area contributed by atoms with E-state index < -0.39 is 0 Å². The molecule has 0 unspecified atom stereocenters. The van der Waals surface area contributed by atoms with Crippen LogP contribution >= 0.6 is 12.2 Å². The van der Waals surface area contributed by atoms with Crippen molar-refractivity contribution < 1.29 is 9.13 Å². The lowest BCUT2D eigenvalue weighted by molar-refractivity contribution is 0.323. The third kappa shape index (κ3) is 4.67. The summed E-state index contributed by atoms with van der Waals surface area (Å²) in [5.41, 5.74) is 1.23. The van der Waals surface area contributed by atoms with Crippen LogP contribution in [0, 0.1) is 12.7 Å². The van der Waals surface area contributed by atoms with Gasteiger partial charge in [-0.2, -0.15) is 0 Å². The van der Waals surface area contributed by atoms with Crippen LogP contribution in [0.25, 0.3) is 10.8 Å². The molecule has 0 saturated heterocycles. The lowest BCUT2D eigenvalue weighted by Gasteiger charge is -2.12. The second kappa shape index (κ2) is 7.94. The molecule has 0 atom stereocenters. The number of aryl methyl sites for hydroxylation is 1. The summed E-state index contributed by atoms with van der Waals surface area (Å²) in [6.07, 6.45) is 0. The molecule has 5 heteroatoms. The molecule has 0 radical (unpaired) electrons. The molecule has 128 valence electrons. The zero-order chi connectivity index (χ0) is 17.6. The van der Waals surface area contributed by atoms with Crippen LogP contribution in [0.15, 0.2) is 60.7 Å². The van der Waals surface area contributed by atoms with Gasteiger partial charge in [0.2, 0.25) is 0 Å². The van der Waals surface area contributed by atoms with Gasteiger partial charge in [0.15, 0.2) is 5.11 Å². The van der Waals surface area contributed by atoms with E-state index >= 15 is 0 Å². The maximum absolute atomic E-state index is 13.5. The lowest BCUT2D eigenvalue weighted by Crippen LogP contribution is -2.32. The number of fused-ring (bicyclic) bond motifs is 1. The van der Waals surface area contributed by atoms with E-state index in [0.717, 1.165) is 11.1 Å². The van der Waals surface area contributed by atoms with Gasteiger partial charge in [-0.25, -0.2) is 4.39 Å². The van der Waals surface area contributed by atoms with Crippen LogP contribution in [0.4, 0.5) is 10.1 Å². The van der Waals surface area contributed by atoms with Gasteiger partial charge in [0.1, 0.15) is 18.2 Å². The average molecular weight is 354 g/mol. The van der Waals surface area contributed by atoms with Gasteiger partial charge in [-0.1, -0.05) is 36.4 Å². The minimum atomic E-state index is -0.257. The van der Waals surface area contributed by atoms with Crippen molar-refractivity contribution in [3.05, 3.63) is 72.0 Å². The quantitative estimate of drug-likeness (QED) is 0.516. The number of rotatable bonds is 5. The topological polar surface area (TPSA) is 33.3 Å². The Kier molecular flexibility index (Phi) is 5.46. The SMILES string of the molecule is Cc1ccc(NC(=S)NCCOc2ccc3ccccc3c2)cc1F. The van der Waals surface area contributed by atoms with Gasteiger partial charge < -0.3 is 15.4 Å². The molecule has 25 heavy (non-hydrogen) atoms. The van der Waals surface area contributed by atoms with Crippen molar-refractivity contribution in [2.75, 3.05) is 18.5 Å². The van der Waals surface area contributed by atoms with E-state index in [4.69, 9.17) is 17.0 Å². The summed E-state index contributed by atoms with van der Waals surface area (Å²) in [6, 6.07) is 19.1. The van der Waals surface area contributed by atoms with Gasteiger partial charge in [0, 0.05) is 5.69 Å². The molecule has 0 saturated carbocycles. The maximum atomic E-state index is 13.5. The van der Waals surface area contributed by atoms with E-state index in [1.807, 2.05) is 30.3 Å². The number of hydrogen-bond donors (Lipinski definition) is 2. The number of benzene rings is 3. The molecule has 0 aliphatic heterocycles. The Labute approximate surface area is 151 Å². The van der Waals surface area contributed by atoms with Crippen LogP contribution in [0.2, 0.25) is 0 Å². The number of halogens is 1. The molecular formula is C20H19FN2OS. The Balaban J connectivity index is 1.45. The zero-order valence-electron chi connectivity index (χ0n) is 13.9. The normalized spacial score (nSPS) is 10.5. The van der Waals surface area contributed by atoms with Gasteiger partial charge in [0.25, 0.3) is 0 Å². The van der Waals surface area contributed by atoms with E-state index in [1.54, 1.807) is 19.1 Å². The number of anilines is 1. The van der Waals surface area contributed by atoms with Crippen molar-refractivity contribution >= 4 is 33.8 Å². The summed E-state index contributed by atoms with van der Waals surface area (Å²) >= 11 is 5.21. The summed E-state index contributed by atoms with van der Waals surface area (Å²) in [5, 5.41) is 8.77. The third-order valence-corrected chi connectivity index (χ3v) is 4.05. The molecule has 3 rings (SSSR count). The fourth-order valence-electron chi connectivity index (χ4n) is 2.44. The molecule has 0 aromatic heterocycles. The Morgan fingerprint density at radius 3 is 2.64 bits per heavy atom. The molecule has 0 amide bonds. The summed E-state index contributed by atoms with van der Waals surface area (Å²) in [7, 11) is 0. The first kappa shape index (κ1) is 17.2. The molecule has 0 aliphatic carbocycles. The molecular weight excluding hydrogens is 335 g/mol. The molecule has 3 aromatic rings. The predicted molar refractivity (Wildman–Crippen MR) is 105 cm³/mol. The van der Waals surface area contributed by atoms with Crippen LogP contribution < -0.4 is 15.4 Å². The predicted octanol–water partition coefficient (Wildman–Crippen LogP) is 4.65. The Bertz CT molecular complexity index is 898. The summed E-state index contributed by atoms with van der Waals surface area (Å²) in [4.78, 5) is 0. The summed E-state index contributed by atoms with van der Waals surface area (Å²) in [5.74, 6) is 0.562. The highest BCUT2D eigenvalue weighted by Gasteiger charge is 2.02. The van der Waals surface area contributed by atoms with Gasteiger partial charge in [-0.05, 0) is 59.7 Å². The summed E-state index contributed by atoms with van der Waals surface area (Å²) in [6.45, 7) is 2.75. The zero-order valence-corrected chi connectivity index (χ0v) is 14.7. The van der Waals surface area contributed by atoms with Crippen molar-refractivity contribution in [3.8, 4) is 5.75 Å². The monoisotopic (exact) mass is 354 g/mol. The highest BCUT2D eigenvalue weighted by atomic mass is 32.1. The van der Waals surface area contributed by atoms with E-state index in [0.29, 0.717) is 29.5 Å². The van der Waals surface area contributed by atoms with Crippen LogP contribution in [0.5, 0.6) is 5.75 Å². The second-order valence-corrected chi connectivity index (χ2v) is 6.11. The molecule has 2 N–H and O–H groups in total. The van der Waals surface area contributed by atoms with Gasteiger partial charge >= 0.3 is 0 Å². The van der Waals surface area contributed by atoms with E-state index in [2.05, 4.69) is 22.8 Å². The number of thiocarbonyl (C=S) groups is 1. The van der Waals surface area contributed by atoms with Crippen molar-refractivity contribution in [3.63, 3.8) is 0 Å². The van der Waals surface area contributed by atoms with Gasteiger partial charge in [-0.15, -0.1) is 0 Å². The molecule has 0 fully saturated rings. The average Bonchev–Trinajstić information content (AvgIpc) is 2.62. The molecule has 0 spiro atoms. The largest absolute Gasteiger partial charge is 0.492 e. The number of nitrogens with one attached hydrogen (secondary N) is 2. The molecule has 0 aliphatic rings.